The van der Waals surface area contributed by atoms with E-state index in [1.54, 1.807) is 18.2 Å². The van der Waals surface area contributed by atoms with E-state index in [9.17, 15) is 14.9 Å². The van der Waals surface area contributed by atoms with E-state index in [-0.39, 0.29) is 11.8 Å². The fourth-order valence-electron chi connectivity index (χ4n) is 7.01. The number of nitrogen functional groups attached to an aromatic ring is 1. The number of carbonyl (C=O) groups excluding carboxylic acids is 2. The predicted octanol–water partition coefficient (Wildman–Crippen LogP) is 4.74. The van der Waals surface area contributed by atoms with Crippen LogP contribution in [-0.4, -0.2) is 34.6 Å². The summed E-state index contributed by atoms with van der Waals surface area (Å²) >= 11 is 0. The van der Waals surface area contributed by atoms with E-state index in [1.165, 1.54) is 4.90 Å². The molecule has 0 radical (unpaired) electrons. The van der Waals surface area contributed by atoms with E-state index in [0.717, 1.165) is 5.39 Å². The van der Waals surface area contributed by atoms with Gasteiger partial charge < -0.3 is 15.2 Å². The normalized spacial score (nSPS) is 27.3. The molecule has 3 fully saturated rings. The van der Waals surface area contributed by atoms with Crippen molar-refractivity contribution in [1.29, 1.82) is 5.26 Å². The van der Waals surface area contributed by atoms with Gasteiger partial charge in [-0.2, -0.15) is 5.26 Å². The molecule has 8 heteroatoms. The zero-order chi connectivity index (χ0) is 26.9. The molecule has 4 unspecified atom stereocenters. The van der Waals surface area contributed by atoms with Gasteiger partial charge in [0.05, 0.1) is 47.0 Å². The second kappa shape index (κ2) is 8.26. The average Bonchev–Trinajstić information content (AvgIpc) is 3.52. The second-order valence-corrected chi connectivity index (χ2v) is 10.9. The van der Waals surface area contributed by atoms with Crippen LogP contribution in [-0.2, 0) is 14.3 Å². The summed E-state index contributed by atoms with van der Waals surface area (Å²) in [5.74, 6) is -0.612. The van der Waals surface area contributed by atoms with Crippen LogP contribution >= 0.6 is 0 Å². The second-order valence-electron chi connectivity index (χ2n) is 10.9. The number of hydrogen-bond acceptors (Lipinski definition) is 7. The molecule has 0 spiro atoms. The molecule has 7 rings (SSSR count). The minimum atomic E-state index is -0.791. The van der Waals surface area contributed by atoms with Crippen molar-refractivity contribution >= 4 is 45.0 Å². The van der Waals surface area contributed by atoms with Gasteiger partial charge in [-0.25, -0.2) is 9.88 Å². The first-order valence-electron chi connectivity index (χ1n) is 13.1. The summed E-state index contributed by atoms with van der Waals surface area (Å²) in [4.78, 5) is 33.8. The van der Waals surface area contributed by atoms with Crippen molar-refractivity contribution in [3.05, 3.63) is 72.3 Å². The summed E-state index contributed by atoms with van der Waals surface area (Å²) in [5.41, 5.74) is 6.10. The third-order valence-electron chi connectivity index (χ3n) is 8.76. The Hall–Kier alpha value is -4.48. The molecule has 4 atom stereocenters. The fraction of sp³-hybridized carbons (Fsp3) is 0.290. The molecule has 0 saturated carbocycles. The number of nitriles is 1. The first kappa shape index (κ1) is 23.6. The lowest BCUT2D eigenvalue weighted by atomic mass is 9.67. The molecule has 1 aromatic heterocycles. The number of para-hydroxylation sites is 1. The Labute approximate surface area is 224 Å². The monoisotopic (exact) mass is 518 g/mol. The van der Waals surface area contributed by atoms with Crippen molar-refractivity contribution in [1.82, 2.24) is 4.98 Å². The van der Waals surface area contributed by atoms with Crippen molar-refractivity contribution < 1.29 is 19.1 Å². The van der Waals surface area contributed by atoms with E-state index in [0.29, 0.717) is 65.0 Å². The summed E-state index contributed by atoms with van der Waals surface area (Å²) < 4.78 is 12.8. The maximum absolute atomic E-state index is 14.1. The number of carbonyl (C=O) groups is 2. The molecule has 8 nitrogen and oxygen atoms in total. The van der Waals surface area contributed by atoms with E-state index >= 15 is 0 Å². The number of nitrogens with zero attached hydrogens (tertiary/aromatic N) is 3. The van der Waals surface area contributed by atoms with Gasteiger partial charge in [-0.3, -0.25) is 9.59 Å². The minimum Gasteiger partial charge on any atom is -0.491 e. The van der Waals surface area contributed by atoms with Crippen molar-refractivity contribution in [3.8, 4) is 11.8 Å². The Balaban J connectivity index is 1.21. The highest BCUT2D eigenvalue weighted by Crippen LogP contribution is 2.62. The summed E-state index contributed by atoms with van der Waals surface area (Å²) in [6, 6.07) is 22.3. The number of rotatable bonds is 5. The molecule has 194 valence electrons. The van der Waals surface area contributed by atoms with Crippen LogP contribution in [0.2, 0.25) is 0 Å². The zero-order valence-corrected chi connectivity index (χ0v) is 21.4. The third kappa shape index (κ3) is 3.30. The van der Waals surface area contributed by atoms with Crippen LogP contribution in [0.5, 0.6) is 5.75 Å². The molecule has 3 aromatic carbocycles. The number of amides is 2. The summed E-state index contributed by atoms with van der Waals surface area (Å²) in [5, 5.41) is 11.9. The first-order chi connectivity index (χ1) is 18.8. The average molecular weight is 519 g/mol. The highest BCUT2D eigenvalue weighted by molar-refractivity contribution is 6.26. The number of ether oxygens (including phenoxy) is 2. The molecule has 4 heterocycles. The van der Waals surface area contributed by atoms with Gasteiger partial charge in [0.2, 0.25) is 11.8 Å². The number of benzene rings is 3. The lowest BCUT2D eigenvalue weighted by Crippen LogP contribution is -2.43. The Morgan fingerprint density at radius 3 is 2.64 bits per heavy atom. The Morgan fingerprint density at radius 2 is 1.82 bits per heavy atom. The lowest BCUT2D eigenvalue weighted by Gasteiger charge is -2.31. The van der Waals surface area contributed by atoms with Gasteiger partial charge in [0.25, 0.3) is 0 Å². The largest absolute Gasteiger partial charge is 0.491 e. The summed E-state index contributed by atoms with van der Waals surface area (Å²) in [6.45, 7) is 2.25. The van der Waals surface area contributed by atoms with Crippen LogP contribution in [0.1, 0.15) is 31.7 Å². The predicted molar refractivity (Wildman–Crippen MR) is 146 cm³/mol. The van der Waals surface area contributed by atoms with Crippen LogP contribution in [0.3, 0.4) is 0 Å². The maximum Gasteiger partial charge on any atom is 0.240 e. The van der Waals surface area contributed by atoms with E-state index in [1.807, 2.05) is 55.5 Å². The van der Waals surface area contributed by atoms with E-state index < -0.39 is 23.0 Å². The number of nitrogens with two attached hydrogens (primary N) is 1. The van der Waals surface area contributed by atoms with Gasteiger partial charge in [-0.15, -0.1) is 0 Å². The van der Waals surface area contributed by atoms with Gasteiger partial charge in [-0.05, 0) is 50.1 Å². The van der Waals surface area contributed by atoms with Crippen LogP contribution in [0.15, 0.2) is 66.7 Å². The molecular weight excluding hydrogens is 492 g/mol. The molecular formula is C31H26N4O4. The van der Waals surface area contributed by atoms with Gasteiger partial charge in [0.1, 0.15) is 17.1 Å². The lowest BCUT2D eigenvalue weighted by molar-refractivity contribution is -0.131. The Morgan fingerprint density at radius 1 is 1.03 bits per heavy atom. The third-order valence-corrected chi connectivity index (χ3v) is 8.76. The molecule has 2 N–H and O–H groups in total. The van der Waals surface area contributed by atoms with Crippen molar-refractivity contribution in [3.63, 3.8) is 0 Å². The Bertz CT molecular complexity index is 1750. The molecule has 4 aromatic rings. The molecule has 3 aliphatic heterocycles. The molecule has 39 heavy (non-hydrogen) atoms. The molecule has 2 bridgehead atoms. The van der Waals surface area contributed by atoms with Gasteiger partial charge >= 0.3 is 0 Å². The van der Waals surface area contributed by atoms with Crippen LogP contribution in [0.25, 0.3) is 21.7 Å². The molecule has 3 aliphatic rings. The molecule has 3 saturated heterocycles. The van der Waals surface area contributed by atoms with E-state index in [2.05, 4.69) is 11.1 Å². The quantitative estimate of drug-likeness (QED) is 0.379. The van der Waals surface area contributed by atoms with Crippen molar-refractivity contribution in [2.45, 2.75) is 37.4 Å². The molecule has 2 amide bonds. The number of hydrogen-bond donors (Lipinski definition) is 1. The SMILES string of the molecule is CC12CCC(CCOc3cccc4ccc(N)nc34)(O1)C1C(=O)N(c3ccc(C#N)c4ccccc34)C(=O)C12. The number of aromatic nitrogens is 1. The van der Waals surface area contributed by atoms with Crippen molar-refractivity contribution in [2.75, 3.05) is 17.2 Å². The first-order valence-corrected chi connectivity index (χ1v) is 13.1. The molecule has 0 aliphatic carbocycles. The number of pyridine rings is 1. The standard InChI is InChI=1S/C31H26N4O4/c1-30-13-14-31(39-30,15-16-38-23-8-4-5-18-10-12-24(33)34-27(18)23)26-25(30)28(36)35(29(26)37)22-11-9-19(17-32)20-6-2-3-7-21(20)22/h2-12,25-26H,13-16H2,1H3,(H2,33,34). The van der Waals surface area contributed by atoms with Crippen molar-refractivity contribution in [2.24, 2.45) is 11.8 Å². The van der Waals surface area contributed by atoms with Gasteiger partial charge in [-0.1, -0.05) is 36.4 Å². The summed E-state index contributed by atoms with van der Waals surface area (Å²) in [7, 11) is 0. The van der Waals surface area contributed by atoms with Gasteiger partial charge in [0.15, 0.2) is 0 Å². The smallest absolute Gasteiger partial charge is 0.240 e. The number of anilines is 2. The minimum absolute atomic E-state index is 0.237. The summed E-state index contributed by atoms with van der Waals surface area (Å²) in [6.07, 6.45) is 1.83. The fourth-order valence-corrected chi connectivity index (χ4v) is 7.01. The van der Waals surface area contributed by atoms with E-state index in [4.69, 9.17) is 15.2 Å². The van der Waals surface area contributed by atoms with Crippen LogP contribution < -0.4 is 15.4 Å². The highest BCUT2D eigenvalue weighted by Gasteiger charge is 2.73. The topological polar surface area (TPSA) is 119 Å². The zero-order valence-electron chi connectivity index (χ0n) is 21.4. The Kier molecular flexibility index (Phi) is 5.00. The van der Waals surface area contributed by atoms with Gasteiger partial charge in [0, 0.05) is 22.6 Å². The number of imide groups is 1. The van der Waals surface area contributed by atoms with Crippen LogP contribution in [0.4, 0.5) is 11.5 Å². The highest BCUT2D eigenvalue weighted by atomic mass is 16.5. The maximum atomic E-state index is 14.1. The number of fused-ring (bicyclic) bond motifs is 7. The van der Waals surface area contributed by atoms with Crippen LogP contribution in [0, 0.1) is 23.2 Å².